The molecule has 0 aliphatic heterocycles. The largest absolute Gasteiger partial charge is 2.00 e. The van der Waals surface area contributed by atoms with E-state index >= 15 is 0 Å². The van der Waals surface area contributed by atoms with Gasteiger partial charge in [0.25, 0.3) is 0 Å². The number of carboxylic acid groups (broad SMARTS) is 2. The van der Waals surface area contributed by atoms with Crippen LogP contribution in [0, 0.1) is 0 Å². The molecule has 0 saturated heterocycles. The van der Waals surface area contributed by atoms with Crippen LogP contribution in [0.5, 0.6) is 0 Å². The molecule has 0 atom stereocenters. The predicted octanol–water partition coefficient (Wildman–Crippen LogP) is -1.59. The summed E-state index contributed by atoms with van der Waals surface area (Å²) >= 11 is 0. The fourth-order valence-corrected chi connectivity index (χ4v) is 0.742. The van der Waals surface area contributed by atoms with Gasteiger partial charge in [0, 0.05) is 0 Å². The summed E-state index contributed by atoms with van der Waals surface area (Å²) in [5, 5.41) is 20.4. The second kappa shape index (κ2) is 4.64. The molecule has 1 radical (unpaired) electrons. The standard InChI is InChI=1S/C8H6O4.Cu/c9-7(10)5-1-2-6(4-3-5)8(11)12;/h1-4H,(H,9,10)(H,11,12);/q;+2/p-2. The first kappa shape index (κ1) is 11.7. The Morgan fingerprint density at radius 1 is 0.846 bits per heavy atom. The Morgan fingerprint density at radius 2 is 1.08 bits per heavy atom. The molecule has 0 saturated carbocycles. The Balaban J connectivity index is 0.00000144. The van der Waals surface area contributed by atoms with Crippen molar-refractivity contribution in [3.8, 4) is 0 Å². The van der Waals surface area contributed by atoms with Crippen molar-refractivity contribution in [1.29, 1.82) is 0 Å². The quantitative estimate of drug-likeness (QED) is 0.571. The molecule has 0 bridgehead atoms. The van der Waals surface area contributed by atoms with Gasteiger partial charge in [0.2, 0.25) is 0 Å². The first-order valence-corrected chi connectivity index (χ1v) is 3.14. The van der Waals surface area contributed by atoms with E-state index in [-0.39, 0.29) is 28.2 Å². The molecule has 0 aliphatic carbocycles. The van der Waals surface area contributed by atoms with Crippen molar-refractivity contribution in [2.24, 2.45) is 0 Å². The molecule has 0 aromatic heterocycles. The number of aromatic carboxylic acids is 2. The Kier molecular flexibility index (Phi) is 4.17. The Bertz CT molecular complexity index is 284. The third-order valence-electron chi connectivity index (χ3n) is 1.36. The molecule has 1 rings (SSSR count). The summed E-state index contributed by atoms with van der Waals surface area (Å²) in [5.41, 5.74) is -0.111. The summed E-state index contributed by atoms with van der Waals surface area (Å²) < 4.78 is 0. The number of carbonyl (C=O) groups excluding carboxylic acids is 2. The van der Waals surface area contributed by atoms with Gasteiger partial charge in [0.15, 0.2) is 0 Å². The Hall–Kier alpha value is -1.32. The van der Waals surface area contributed by atoms with Gasteiger partial charge in [0.05, 0.1) is 11.9 Å². The molecule has 0 N–H and O–H groups in total. The van der Waals surface area contributed by atoms with Gasteiger partial charge in [-0.2, -0.15) is 0 Å². The van der Waals surface area contributed by atoms with Crippen LogP contribution in [0.4, 0.5) is 0 Å². The smallest absolute Gasteiger partial charge is 0.545 e. The molecule has 1 aromatic carbocycles. The van der Waals surface area contributed by atoms with Gasteiger partial charge in [0.1, 0.15) is 0 Å². The second-order valence-corrected chi connectivity index (χ2v) is 2.15. The number of carbonyl (C=O) groups is 2. The van der Waals surface area contributed by atoms with Gasteiger partial charge >= 0.3 is 17.1 Å². The maximum Gasteiger partial charge on any atom is 2.00 e. The average Bonchev–Trinajstić information content (AvgIpc) is 2.04. The van der Waals surface area contributed by atoms with Crippen molar-refractivity contribution < 1.29 is 36.9 Å². The molecule has 4 nitrogen and oxygen atoms in total. The topological polar surface area (TPSA) is 80.3 Å². The minimum absolute atomic E-state index is 0. The van der Waals surface area contributed by atoms with Gasteiger partial charge in [-0.3, -0.25) is 0 Å². The zero-order valence-electron chi connectivity index (χ0n) is 6.24. The molecule has 0 spiro atoms. The van der Waals surface area contributed by atoms with Gasteiger partial charge in [-0.25, -0.2) is 0 Å². The molecule has 0 fully saturated rings. The number of hydrogen-bond donors (Lipinski definition) is 0. The molecule has 0 aliphatic rings. The molecule has 1 aromatic rings. The number of benzene rings is 1. The maximum absolute atomic E-state index is 10.2. The van der Waals surface area contributed by atoms with Gasteiger partial charge in [-0.15, -0.1) is 0 Å². The van der Waals surface area contributed by atoms with E-state index in [1.807, 2.05) is 0 Å². The zero-order chi connectivity index (χ0) is 9.14. The predicted molar refractivity (Wildman–Crippen MR) is 35.1 cm³/mol. The summed E-state index contributed by atoms with van der Waals surface area (Å²) in [6.07, 6.45) is 0. The molecule has 0 unspecified atom stereocenters. The Morgan fingerprint density at radius 3 is 1.23 bits per heavy atom. The number of hydrogen-bond acceptors (Lipinski definition) is 4. The van der Waals surface area contributed by atoms with Gasteiger partial charge < -0.3 is 19.8 Å². The molecule has 5 heteroatoms. The van der Waals surface area contributed by atoms with E-state index in [0.29, 0.717) is 0 Å². The fourth-order valence-electron chi connectivity index (χ4n) is 0.742. The molecular weight excluding hydrogens is 224 g/mol. The van der Waals surface area contributed by atoms with Crippen LogP contribution in [0.25, 0.3) is 0 Å². The van der Waals surface area contributed by atoms with E-state index in [1.54, 1.807) is 0 Å². The number of carboxylic acids is 2. The maximum atomic E-state index is 10.2. The van der Waals surface area contributed by atoms with Gasteiger partial charge in [-0.05, 0) is 11.1 Å². The molecule has 71 valence electrons. The summed E-state index contributed by atoms with van der Waals surface area (Å²) in [7, 11) is 0. The van der Waals surface area contributed by atoms with E-state index in [9.17, 15) is 19.8 Å². The van der Waals surface area contributed by atoms with Crippen LogP contribution in [-0.4, -0.2) is 11.9 Å². The van der Waals surface area contributed by atoms with E-state index in [0.717, 1.165) is 24.3 Å². The van der Waals surface area contributed by atoms with Crippen molar-refractivity contribution in [3.05, 3.63) is 35.4 Å². The molecule has 0 heterocycles. The van der Waals surface area contributed by atoms with Crippen molar-refractivity contribution in [1.82, 2.24) is 0 Å². The summed E-state index contributed by atoms with van der Waals surface area (Å²) in [4.78, 5) is 20.4. The summed E-state index contributed by atoms with van der Waals surface area (Å²) in [5.74, 6) is -2.67. The van der Waals surface area contributed by atoms with E-state index in [1.165, 1.54) is 0 Å². The van der Waals surface area contributed by atoms with Crippen LogP contribution < -0.4 is 10.2 Å². The van der Waals surface area contributed by atoms with Crippen LogP contribution >= 0.6 is 0 Å². The van der Waals surface area contributed by atoms with E-state index in [2.05, 4.69) is 0 Å². The molecule has 13 heavy (non-hydrogen) atoms. The molecule has 0 amide bonds. The van der Waals surface area contributed by atoms with Crippen molar-refractivity contribution in [3.63, 3.8) is 0 Å². The van der Waals surface area contributed by atoms with Crippen LogP contribution in [0.15, 0.2) is 24.3 Å². The number of rotatable bonds is 2. The first-order valence-electron chi connectivity index (χ1n) is 3.14. The van der Waals surface area contributed by atoms with Crippen LogP contribution in [0.3, 0.4) is 0 Å². The zero-order valence-corrected chi connectivity index (χ0v) is 7.19. The fraction of sp³-hybridized carbons (Fsp3) is 0. The van der Waals surface area contributed by atoms with E-state index in [4.69, 9.17) is 0 Å². The SMILES string of the molecule is O=C([O-])c1ccc(C(=O)[O-])cc1.[Cu+2]. The first-order chi connectivity index (χ1) is 5.61. The van der Waals surface area contributed by atoms with Crippen molar-refractivity contribution >= 4 is 11.9 Å². The minimum atomic E-state index is -1.33. The summed E-state index contributed by atoms with van der Waals surface area (Å²) in [6, 6.07) is 4.61. The summed E-state index contributed by atoms with van der Waals surface area (Å²) in [6.45, 7) is 0. The van der Waals surface area contributed by atoms with Crippen molar-refractivity contribution in [2.75, 3.05) is 0 Å². The van der Waals surface area contributed by atoms with E-state index < -0.39 is 11.9 Å². The minimum Gasteiger partial charge on any atom is -0.545 e. The Labute approximate surface area is 84.7 Å². The van der Waals surface area contributed by atoms with Crippen LogP contribution in [-0.2, 0) is 17.1 Å². The van der Waals surface area contributed by atoms with Crippen molar-refractivity contribution in [2.45, 2.75) is 0 Å². The monoisotopic (exact) mass is 227 g/mol. The molecular formula is C8H4CuO4. The van der Waals surface area contributed by atoms with Crippen LogP contribution in [0.2, 0.25) is 0 Å². The second-order valence-electron chi connectivity index (χ2n) is 2.15. The third kappa shape index (κ3) is 2.89. The van der Waals surface area contributed by atoms with Crippen LogP contribution in [0.1, 0.15) is 20.7 Å². The normalized spacial score (nSPS) is 8.62. The van der Waals surface area contributed by atoms with Gasteiger partial charge in [-0.1, -0.05) is 24.3 Å². The average molecular weight is 228 g/mol. The third-order valence-corrected chi connectivity index (χ3v) is 1.36.